The van der Waals surface area contributed by atoms with E-state index in [2.05, 4.69) is 39.3 Å². The van der Waals surface area contributed by atoms with Crippen molar-refractivity contribution in [2.75, 3.05) is 6.61 Å². The van der Waals surface area contributed by atoms with Crippen molar-refractivity contribution in [2.45, 2.75) is 65.4 Å². The first-order chi connectivity index (χ1) is 17.0. The Morgan fingerprint density at radius 3 is 2.86 bits per heavy atom. The third-order valence-corrected chi connectivity index (χ3v) is 6.73. The van der Waals surface area contributed by atoms with E-state index in [9.17, 15) is 4.79 Å². The lowest BCUT2D eigenvalue weighted by Gasteiger charge is -2.33. The van der Waals surface area contributed by atoms with Crippen molar-refractivity contribution in [3.05, 3.63) is 75.7 Å². The van der Waals surface area contributed by atoms with Crippen LogP contribution in [0.5, 0.6) is 0 Å². The predicted octanol–water partition coefficient (Wildman–Crippen LogP) is 3.99. The van der Waals surface area contributed by atoms with Gasteiger partial charge in [0.1, 0.15) is 5.76 Å². The minimum absolute atomic E-state index is 0.0855. The third kappa shape index (κ3) is 5.06. The zero-order valence-electron chi connectivity index (χ0n) is 20.5. The molecule has 2 atom stereocenters. The van der Waals surface area contributed by atoms with Crippen LogP contribution < -0.4 is 5.56 Å². The molecule has 35 heavy (non-hydrogen) atoms. The number of nitrogens with one attached hydrogen (secondary N) is 1. The highest BCUT2D eigenvalue weighted by Crippen LogP contribution is 2.31. The maximum absolute atomic E-state index is 13.1. The number of aryl methyl sites for hydroxylation is 1. The van der Waals surface area contributed by atoms with E-state index in [1.807, 2.05) is 48.0 Å². The number of tetrazole rings is 1. The smallest absolute Gasteiger partial charge is 0.252 e. The number of rotatable bonds is 9. The summed E-state index contributed by atoms with van der Waals surface area (Å²) in [7, 11) is 0. The number of aromatic amines is 1. The molecule has 9 heteroatoms. The summed E-state index contributed by atoms with van der Waals surface area (Å²) in [5, 5.41) is 13.8. The number of ether oxygens (including phenoxy) is 1. The van der Waals surface area contributed by atoms with Crippen LogP contribution in [0, 0.1) is 12.8 Å². The normalized spacial score (nSPS) is 17.1. The Kier molecular flexibility index (Phi) is 6.79. The Hall–Kier alpha value is -3.30. The Balaban J connectivity index is 1.52. The number of hydrogen-bond acceptors (Lipinski definition) is 7. The van der Waals surface area contributed by atoms with Crippen LogP contribution in [0.25, 0.3) is 10.9 Å². The Labute approximate surface area is 204 Å². The fourth-order valence-corrected chi connectivity index (χ4v) is 5.04. The highest BCUT2D eigenvalue weighted by molar-refractivity contribution is 5.81. The van der Waals surface area contributed by atoms with Gasteiger partial charge in [0, 0.05) is 18.7 Å². The predicted molar refractivity (Wildman–Crippen MR) is 132 cm³/mol. The molecule has 1 N–H and O–H groups in total. The monoisotopic (exact) mass is 476 g/mol. The van der Waals surface area contributed by atoms with Gasteiger partial charge in [0.25, 0.3) is 5.56 Å². The van der Waals surface area contributed by atoms with Crippen LogP contribution in [0.3, 0.4) is 0 Å². The number of para-hydroxylation sites is 1. The van der Waals surface area contributed by atoms with Gasteiger partial charge in [0.05, 0.1) is 37.0 Å². The summed E-state index contributed by atoms with van der Waals surface area (Å²) >= 11 is 0. The van der Waals surface area contributed by atoms with Gasteiger partial charge < -0.3 is 14.1 Å². The van der Waals surface area contributed by atoms with Gasteiger partial charge in [0.2, 0.25) is 0 Å². The molecule has 0 saturated carbocycles. The van der Waals surface area contributed by atoms with Crippen molar-refractivity contribution in [3.63, 3.8) is 0 Å². The van der Waals surface area contributed by atoms with E-state index >= 15 is 0 Å². The SMILES string of the molecule is Cc1cccc2cc(CN(Cc3ccco3)[C@@H](c3nnnn3C[C@@H]3CCCO3)C(C)C)c(=O)[nH]c12. The number of nitrogens with zero attached hydrogens (tertiary/aromatic N) is 5. The van der Waals surface area contributed by atoms with E-state index in [0.29, 0.717) is 25.2 Å². The molecule has 184 valence electrons. The van der Waals surface area contributed by atoms with E-state index in [4.69, 9.17) is 9.15 Å². The van der Waals surface area contributed by atoms with Crippen LogP contribution >= 0.6 is 0 Å². The summed E-state index contributed by atoms with van der Waals surface area (Å²) in [6.45, 7) is 8.66. The van der Waals surface area contributed by atoms with E-state index in [-0.39, 0.29) is 23.6 Å². The van der Waals surface area contributed by atoms with Gasteiger partial charge in [-0.25, -0.2) is 4.68 Å². The van der Waals surface area contributed by atoms with Crippen molar-refractivity contribution in [2.24, 2.45) is 5.92 Å². The standard InChI is InChI=1S/C26H32N6O3/c1-17(2)24(25-28-29-30-32(25)16-22-10-6-12-35-22)31(15-21-9-5-11-34-21)14-20-13-19-8-4-7-18(3)23(19)27-26(20)33/h4-5,7-9,11,13,17,22,24H,6,10,12,14-16H2,1-3H3,(H,27,33)/t22-,24+/m0/s1. The minimum Gasteiger partial charge on any atom is -0.468 e. The van der Waals surface area contributed by atoms with E-state index in [1.165, 1.54) is 0 Å². The topological polar surface area (TPSA) is 102 Å². The minimum atomic E-state index is -0.135. The van der Waals surface area contributed by atoms with Crippen molar-refractivity contribution in [3.8, 4) is 0 Å². The molecule has 1 saturated heterocycles. The van der Waals surface area contributed by atoms with Gasteiger partial charge in [-0.05, 0) is 65.3 Å². The average Bonchev–Trinajstić information content (AvgIpc) is 3.60. The molecule has 0 bridgehead atoms. The first-order valence-electron chi connectivity index (χ1n) is 12.2. The average molecular weight is 477 g/mol. The summed E-state index contributed by atoms with van der Waals surface area (Å²) in [6.07, 6.45) is 3.86. The van der Waals surface area contributed by atoms with Crippen LogP contribution in [-0.4, -0.2) is 42.8 Å². The summed E-state index contributed by atoms with van der Waals surface area (Å²) < 4.78 is 13.4. The molecule has 1 aliphatic heterocycles. The molecule has 1 fully saturated rings. The molecule has 0 amide bonds. The molecule has 0 spiro atoms. The first-order valence-corrected chi connectivity index (χ1v) is 12.2. The van der Waals surface area contributed by atoms with E-state index in [0.717, 1.165) is 47.5 Å². The number of benzene rings is 1. The van der Waals surface area contributed by atoms with Crippen molar-refractivity contribution in [1.82, 2.24) is 30.1 Å². The molecular formula is C26H32N6O3. The molecule has 4 heterocycles. The number of H-pyrrole nitrogens is 1. The van der Waals surface area contributed by atoms with E-state index < -0.39 is 0 Å². The van der Waals surface area contributed by atoms with Gasteiger partial charge in [0.15, 0.2) is 5.82 Å². The Morgan fingerprint density at radius 1 is 1.23 bits per heavy atom. The molecule has 3 aromatic heterocycles. The maximum atomic E-state index is 13.1. The second-order valence-corrected chi connectivity index (χ2v) is 9.69. The lowest BCUT2D eigenvalue weighted by Crippen LogP contribution is -2.35. The number of fused-ring (bicyclic) bond motifs is 1. The van der Waals surface area contributed by atoms with Gasteiger partial charge in [-0.15, -0.1) is 5.10 Å². The fourth-order valence-electron chi connectivity index (χ4n) is 5.04. The summed E-state index contributed by atoms with van der Waals surface area (Å²) in [5.41, 5.74) is 2.53. The molecule has 0 radical (unpaired) electrons. The van der Waals surface area contributed by atoms with Crippen LogP contribution in [0.2, 0.25) is 0 Å². The first kappa shape index (κ1) is 23.4. The number of hydrogen-bond donors (Lipinski definition) is 1. The zero-order valence-corrected chi connectivity index (χ0v) is 20.5. The van der Waals surface area contributed by atoms with Gasteiger partial charge in [-0.2, -0.15) is 0 Å². The van der Waals surface area contributed by atoms with E-state index in [1.54, 1.807) is 6.26 Å². The Bertz CT molecular complexity index is 1320. The Morgan fingerprint density at radius 2 is 2.11 bits per heavy atom. The highest BCUT2D eigenvalue weighted by atomic mass is 16.5. The van der Waals surface area contributed by atoms with Crippen LogP contribution in [0.1, 0.15) is 55.4 Å². The zero-order chi connectivity index (χ0) is 24.4. The van der Waals surface area contributed by atoms with Gasteiger partial charge >= 0.3 is 0 Å². The second-order valence-electron chi connectivity index (χ2n) is 9.69. The molecular weight excluding hydrogens is 444 g/mol. The molecule has 0 aliphatic carbocycles. The van der Waals surface area contributed by atoms with Crippen LogP contribution in [0.15, 0.2) is 51.9 Å². The third-order valence-electron chi connectivity index (χ3n) is 6.73. The number of pyridine rings is 1. The molecule has 9 nitrogen and oxygen atoms in total. The fraction of sp³-hybridized carbons (Fsp3) is 0.462. The summed E-state index contributed by atoms with van der Waals surface area (Å²) in [4.78, 5) is 18.4. The largest absolute Gasteiger partial charge is 0.468 e. The van der Waals surface area contributed by atoms with Gasteiger partial charge in [-0.3, -0.25) is 9.69 Å². The number of aromatic nitrogens is 5. The van der Waals surface area contributed by atoms with Crippen LogP contribution in [-0.2, 0) is 24.4 Å². The summed E-state index contributed by atoms with van der Waals surface area (Å²) in [6, 6.07) is 11.7. The molecule has 5 rings (SSSR count). The maximum Gasteiger partial charge on any atom is 0.252 e. The van der Waals surface area contributed by atoms with Crippen molar-refractivity contribution in [1.29, 1.82) is 0 Å². The van der Waals surface area contributed by atoms with Gasteiger partial charge in [-0.1, -0.05) is 32.0 Å². The quantitative estimate of drug-likeness (QED) is 0.390. The van der Waals surface area contributed by atoms with Crippen molar-refractivity contribution >= 4 is 10.9 Å². The lowest BCUT2D eigenvalue weighted by molar-refractivity contribution is 0.0836. The molecule has 4 aromatic rings. The highest BCUT2D eigenvalue weighted by Gasteiger charge is 2.31. The van der Waals surface area contributed by atoms with Crippen molar-refractivity contribution < 1.29 is 9.15 Å². The molecule has 0 unspecified atom stereocenters. The molecule has 1 aromatic carbocycles. The number of furan rings is 1. The second kappa shape index (κ2) is 10.1. The van der Waals surface area contributed by atoms with Crippen LogP contribution in [0.4, 0.5) is 0 Å². The summed E-state index contributed by atoms with van der Waals surface area (Å²) in [5.74, 6) is 1.78. The molecule has 1 aliphatic rings. The lowest BCUT2D eigenvalue weighted by atomic mass is 10.00.